The van der Waals surface area contributed by atoms with Crippen molar-refractivity contribution in [2.75, 3.05) is 0 Å². The van der Waals surface area contributed by atoms with E-state index in [1.807, 2.05) is 30.3 Å². The summed E-state index contributed by atoms with van der Waals surface area (Å²) in [6.45, 7) is 6.75. The van der Waals surface area contributed by atoms with Crippen LogP contribution in [-0.2, 0) is 11.8 Å². The van der Waals surface area contributed by atoms with Crippen LogP contribution in [0.25, 0.3) is 22.3 Å². The standard InChI is InChI=1S/C36H24Cl2O4/c1-5-9-11-19-41-34-16-14-28(24-36(34)42-20-12-10-6-2)32-22-29(25-37)31(21-30(32)26-38)27-13-15-33(39-17-7-3)35(23-27)40-18-8-4/h13-16,21-24H,25-26H2,1-4H3. The van der Waals surface area contributed by atoms with Crippen LogP contribution >= 0.6 is 23.2 Å². The van der Waals surface area contributed by atoms with Gasteiger partial charge < -0.3 is 18.9 Å². The summed E-state index contributed by atoms with van der Waals surface area (Å²) in [6, 6.07) is 15.0. The highest BCUT2D eigenvalue weighted by molar-refractivity contribution is 6.18. The molecule has 6 heteroatoms. The van der Waals surface area contributed by atoms with Crippen LogP contribution in [-0.4, -0.2) is 0 Å². The topological polar surface area (TPSA) is 36.9 Å². The molecule has 0 heterocycles. The van der Waals surface area contributed by atoms with Crippen molar-refractivity contribution in [1.29, 1.82) is 0 Å². The minimum atomic E-state index is 0.240. The molecule has 0 spiro atoms. The lowest BCUT2D eigenvalue weighted by atomic mass is 9.91. The maximum absolute atomic E-state index is 6.47. The molecule has 3 rings (SSSR count). The smallest absolute Gasteiger partial charge is 0.184 e. The molecule has 0 N–H and O–H groups in total. The van der Waals surface area contributed by atoms with Crippen LogP contribution in [0, 0.1) is 71.8 Å². The minimum absolute atomic E-state index is 0.240. The second-order valence-corrected chi connectivity index (χ2v) is 8.61. The lowest BCUT2D eigenvalue weighted by Crippen LogP contribution is -1.97. The molecule has 206 valence electrons. The van der Waals surface area contributed by atoms with Crippen molar-refractivity contribution in [2.24, 2.45) is 0 Å². The van der Waals surface area contributed by atoms with Crippen molar-refractivity contribution >= 4 is 23.2 Å². The predicted octanol–water partition coefficient (Wildman–Crippen LogP) is 7.94. The summed E-state index contributed by atoms with van der Waals surface area (Å²) in [6.07, 6.45) is 10.3. The Labute approximate surface area is 257 Å². The van der Waals surface area contributed by atoms with Gasteiger partial charge in [-0.2, -0.15) is 0 Å². The van der Waals surface area contributed by atoms with Crippen LogP contribution < -0.4 is 18.9 Å². The third kappa shape index (κ3) is 8.40. The van der Waals surface area contributed by atoms with E-state index in [1.54, 1.807) is 45.9 Å². The van der Waals surface area contributed by atoms with Gasteiger partial charge in [0.25, 0.3) is 0 Å². The molecule has 0 saturated heterocycles. The van der Waals surface area contributed by atoms with Gasteiger partial charge in [-0.15, -0.1) is 23.2 Å². The molecule has 0 saturated carbocycles. The van der Waals surface area contributed by atoms with Crippen LogP contribution in [0.15, 0.2) is 48.5 Å². The summed E-state index contributed by atoms with van der Waals surface area (Å²) in [5, 5.41) is 0. The quantitative estimate of drug-likeness (QED) is 0.197. The van der Waals surface area contributed by atoms with Crippen molar-refractivity contribution < 1.29 is 18.9 Å². The number of hydrogen-bond donors (Lipinski definition) is 0. The van der Waals surface area contributed by atoms with Gasteiger partial charge in [0.15, 0.2) is 23.0 Å². The lowest BCUT2D eigenvalue weighted by Gasteiger charge is -2.17. The summed E-state index contributed by atoms with van der Waals surface area (Å²) in [5.41, 5.74) is 5.17. The monoisotopic (exact) mass is 590 g/mol. The first-order valence-corrected chi connectivity index (χ1v) is 13.6. The van der Waals surface area contributed by atoms with E-state index in [1.165, 1.54) is 0 Å². The van der Waals surface area contributed by atoms with Crippen molar-refractivity contribution in [1.82, 2.24) is 0 Å². The fourth-order valence-electron chi connectivity index (χ4n) is 3.68. The molecular formula is C36H24Cl2O4. The molecule has 0 aromatic heterocycles. The third-order valence-electron chi connectivity index (χ3n) is 5.45. The van der Waals surface area contributed by atoms with Crippen LogP contribution in [0.4, 0.5) is 0 Å². The Kier molecular flexibility index (Phi) is 12.5. The first-order valence-electron chi connectivity index (χ1n) is 12.5. The molecule has 0 bridgehead atoms. The van der Waals surface area contributed by atoms with Crippen LogP contribution in [0.3, 0.4) is 0 Å². The molecule has 4 nitrogen and oxygen atoms in total. The largest absolute Gasteiger partial charge is 0.404 e. The number of ether oxygens (including phenoxy) is 4. The number of benzene rings is 3. The Hall–Kier alpha value is -5.20. The number of hydrogen-bond acceptors (Lipinski definition) is 4. The molecule has 0 fully saturated rings. The van der Waals surface area contributed by atoms with Gasteiger partial charge in [0.2, 0.25) is 0 Å². The first-order chi connectivity index (χ1) is 20.6. The predicted molar refractivity (Wildman–Crippen MR) is 168 cm³/mol. The van der Waals surface area contributed by atoms with E-state index in [0.717, 1.165) is 33.4 Å². The maximum Gasteiger partial charge on any atom is 0.184 e. The van der Waals surface area contributed by atoms with Crippen molar-refractivity contribution in [3.8, 4) is 117 Å². The van der Waals surface area contributed by atoms with E-state index in [0.29, 0.717) is 23.0 Å². The van der Waals surface area contributed by atoms with Gasteiger partial charge in [-0.1, -0.05) is 35.8 Å². The minimum Gasteiger partial charge on any atom is -0.404 e. The van der Waals surface area contributed by atoms with Gasteiger partial charge in [-0.05, 0) is 95.5 Å². The molecule has 0 amide bonds. The second kappa shape index (κ2) is 16.8. The Morgan fingerprint density at radius 1 is 0.476 bits per heavy atom. The molecular weight excluding hydrogens is 567 g/mol. The highest BCUT2D eigenvalue weighted by Crippen LogP contribution is 2.40. The molecule has 0 aliphatic rings. The average molecular weight is 591 g/mol. The Morgan fingerprint density at radius 2 is 0.881 bits per heavy atom. The Balaban J connectivity index is 2.13. The van der Waals surface area contributed by atoms with E-state index in [9.17, 15) is 0 Å². The zero-order valence-electron chi connectivity index (χ0n) is 23.4. The summed E-state index contributed by atoms with van der Waals surface area (Å²) in [7, 11) is 0. The van der Waals surface area contributed by atoms with E-state index < -0.39 is 0 Å². The average Bonchev–Trinajstić information content (AvgIpc) is 3.03. The van der Waals surface area contributed by atoms with Gasteiger partial charge in [-0.25, -0.2) is 0 Å². The van der Waals surface area contributed by atoms with Gasteiger partial charge >= 0.3 is 0 Å². The highest BCUT2D eigenvalue weighted by atomic mass is 35.5. The molecule has 3 aromatic rings. The fraction of sp³-hybridized carbons (Fsp3) is 0.167. The first kappa shape index (κ1) is 31.3. The SMILES string of the molecule is CC#CC#COc1ccc(-c2cc(CCl)c(-c3ccc(OC#CC)c(OC#CC)c3)cc2CCl)cc1OC#CC#CC. The van der Waals surface area contributed by atoms with Gasteiger partial charge in [0, 0.05) is 37.4 Å². The summed E-state index contributed by atoms with van der Waals surface area (Å²) in [4.78, 5) is 0. The van der Waals surface area contributed by atoms with Crippen molar-refractivity contribution in [3.05, 3.63) is 59.7 Å². The normalized spacial score (nSPS) is 8.71. The number of alkyl halides is 2. The zero-order chi connectivity index (χ0) is 30.2. The zero-order valence-corrected chi connectivity index (χ0v) is 24.9. The molecule has 0 radical (unpaired) electrons. The molecule has 0 aliphatic carbocycles. The number of rotatable bonds is 8. The molecule has 0 unspecified atom stereocenters. The second-order valence-electron chi connectivity index (χ2n) is 8.07. The maximum atomic E-state index is 6.47. The van der Waals surface area contributed by atoms with Gasteiger partial charge in [-0.3, -0.25) is 0 Å². The van der Waals surface area contributed by atoms with E-state index in [-0.39, 0.29) is 11.8 Å². The Bertz CT molecular complexity index is 1840. The molecule has 0 atom stereocenters. The van der Waals surface area contributed by atoms with E-state index >= 15 is 0 Å². The van der Waals surface area contributed by atoms with E-state index in [2.05, 4.69) is 71.8 Å². The lowest BCUT2D eigenvalue weighted by molar-refractivity contribution is 0.452. The summed E-state index contributed by atoms with van der Waals surface area (Å²) in [5.74, 6) is 23.4. The van der Waals surface area contributed by atoms with Gasteiger partial charge in [0.05, 0.1) is 0 Å². The molecule has 42 heavy (non-hydrogen) atoms. The van der Waals surface area contributed by atoms with Crippen molar-refractivity contribution in [2.45, 2.75) is 39.5 Å². The fourth-order valence-corrected chi connectivity index (χ4v) is 4.12. The molecule has 3 aromatic carbocycles. The summed E-state index contributed by atoms with van der Waals surface area (Å²) < 4.78 is 22.3. The highest BCUT2D eigenvalue weighted by Gasteiger charge is 2.17. The summed E-state index contributed by atoms with van der Waals surface area (Å²) >= 11 is 12.9. The Morgan fingerprint density at radius 3 is 1.29 bits per heavy atom. The van der Waals surface area contributed by atoms with Crippen LogP contribution in [0.1, 0.15) is 38.8 Å². The third-order valence-corrected chi connectivity index (χ3v) is 6.03. The van der Waals surface area contributed by atoms with Gasteiger partial charge in [0.1, 0.15) is 24.4 Å². The van der Waals surface area contributed by atoms with Crippen molar-refractivity contribution in [3.63, 3.8) is 0 Å². The van der Waals surface area contributed by atoms with E-state index in [4.69, 9.17) is 42.1 Å². The van der Waals surface area contributed by atoms with Crippen LogP contribution in [0.2, 0.25) is 0 Å². The number of halogens is 2. The van der Waals surface area contributed by atoms with Crippen LogP contribution in [0.5, 0.6) is 23.0 Å². The molecule has 0 aliphatic heterocycles.